The van der Waals surface area contributed by atoms with Gasteiger partial charge in [-0.3, -0.25) is 19.8 Å². The number of urea groups is 1. The standard InChI is InChI=1S/C12H18N2O3/c1-8(9-5-3-2-4-6-9)14-11(16)7-10(15)13-12(14)17/h8-9H,2-7H2,1H3,(H,13,15,17). The lowest BCUT2D eigenvalue weighted by molar-refractivity contribution is -0.138. The van der Waals surface area contributed by atoms with Gasteiger partial charge in [-0.25, -0.2) is 4.79 Å². The van der Waals surface area contributed by atoms with Crippen molar-refractivity contribution in [3.05, 3.63) is 0 Å². The van der Waals surface area contributed by atoms with Crippen molar-refractivity contribution < 1.29 is 14.4 Å². The molecule has 1 aliphatic heterocycles. The first kappa shape index (κ1) is 12.1. The van der Waals surface area contributed by atoms with Gasteiger partial charge in [0.25, 0.3) is 0 Å². The Bertz CT molecular complexity index is 328. The summed E-state index contributed by atoms with van der Waals surface area (Å²) in [5.41, 5.74) is 0. The first-order valence-corrected chi connectivity index (χ1v) is 6.25. The topological polar surface area (TPSA) is 66.5 Å². The van der Waals surface area contributed by atoms with E-state index in [1.54, 1.807) is 0 Å². The molecule has 1 N–H and O–H groups in total. The normalized spacial score (nSPS) is 24.8. The molecule has 1 unspecified atom stereocenters. The fourth-order valence-corrected chi connectivity index (χ4v) is 2.80. The van der Waals surface area contributed by atoms with E-state index in [-0.39, 0.29) is 18.4 Å². The average Bonchev–Trinajstić information content (AvgIpc) is 2.28. The zero-order valence-electron chi connectivity index (χ0n) is 10.1. The summed E-state index contributed by atoms with van der Waals surface area (Å²) in [6, 6.07) is -0.653. The van der Waals surface area contributed by atoms with Gasteiger partial charge in [0.15, 0.2) is 0 Å². The molecule has 1 atom stereocenters. The minimum atomic E-state index is -0.552. The van der Waals surface area contributed by atoms with Crippen LogP contribution >= 0.6 is 0 Å². The van der Waals surface area contributed by atoms with Crippen molar-refractivity contribution in [2.24, 2.45) is 5.92 Å². The van der Waals surface area contributed by atoms with E-state index in [1.165, 1.54) is 11.3 Å². The number of hydrogen-bond donors (Lipinski definition) is 1. The van der Waals surface area contributed by atoms with Crippen LogP contribution in [0.1, 0.15) is 45.4 Å². The monoisotopic (exact) mass is 238 g/mol. The number of carbonyl (C=O) groups excluding carboxylic acids is 3. The first-order chi connectivity index (χ1) is 8.09. The van der Waals surface area contributed by atoms with Crippen LogP contribution in [0.4, 0.5) is 4.79 Å². The van der Waals surface area contributed by atoms with E-state index in [4.69, 9.17) is 0 Å². The molecule has 5 heteroatoms. The number of imide groups is 2. The Morgan fingerprint density at radius 2 is 1.82 bits per heavy atom. The van der Waals surface area contributed by atoms with Gasteiger partial charge in [0, 0.05) is 6.04 Å². The molecule has 5 nitrogen and oxygen atoms in total. The summed E-state index contributed by atoms with van der Waals surface area (Å²) in [5.74, 6) is -0.476. The highest BCUT2D eigenvalue weighted by atomic mass is 16.2. The van der Waals surface area contributed by atoms with E-state index in [2.05, 4.69) is 5.32 Å². The molecule has 1 saturated heterocycles. The predicted molar refractivity (Wildman–Crippen MR) is 61.0 cm³/mol. The lowest BCUT2D eigenvalue weighted by atomic mass is 9.84. The van der Waals surface area contributed by atoms with Gasteiger partial charge in [-0.15, -0.1) is 0 Å². The van der Waals surface area contributed by atoms with Gasteiger partial charge in [0.1, 0.15) is 6.42 Å². The Hall–Kier alpha value is -1.39. The minimum Gasteiger partial charge on any atom is -0.277 e. The van der Waals surface area contributed by atoms with Gasteiger partial charge < -0.3 is 0 Å². The molecule has 2 fully saturated rings. The SMILES string of the molecule is CC(C1CCCCC1)N1C(=O)CC(=O)NC1=O. The summed E-state index contributed by atoms with van der Waals surface area (Å²) in [6.45, 7) is 1.91. The highest BCUT2D eigenvalue weighted by Crippen LogP contribution is 2.29. The van der Waals surface area contributed by atoms with Gasteiger partial charge in [-0.1, -0.05) is 19.3 Å². The maximum absolute atomic E-state index is 11.7. The van der Waals surface area contributed by atoms with Gasteiger partial charge >= 0.3 is 6.03 Å². The third kappa shape index (κ3) is 2.48. The quantitative estimate of drug-likeness (QED) is 0.740. The first-order valence-electron chi connectivity index (χ1n) is 6.25. The third-order valence-electron chi connectivity index (χ3n) is 3.78. The van der Waals surface area contributed by atoms with Crippen LogP contribution in [0.3, 0.4) is 0 Å². The second-order valence-electron chi connectivity index (χ2n) is 4.93. The Balaban J connectivity index is 2.06. The van der Waals surface area contributed by atoms with Gasteiger partial charge in [0.2, 0.25) is 11.8 Å². The minimum absolute atomic E-state index is 0.101. The Morgan fingerprint density at radius 1 is 1.18 bits per heavy atom. The Kier molecular flexibility index (Phi) is 3.45. The molecule has 94 valence electrons. The van der Waals surface area contributed by atoms with Gasteiger partial charge in [0.05, 0.1) is 0 Å². The zero-order valence-corrected chi connectivity index (χ0v) is 10.1. The van der Waals surface area contributed by atoms with Crippen LogP contribution < -0.4 is 5.32 Å². The smallest absolute Gasteiger partial charge is 0.277 e. The fourth-order valence-electron chi connectivity index (χ4n) is 2.80. The molecule has 1 aliphatic carbocycles. The number of nitrogens with zero attached hydrogens (tertiary/aromatic N) is 1. The van der Waals surface area contributed by atoms with Crippen LogP contribution in [0, 0.1) is 5.92 Å². The lowest BCUT2D eigenvalue weighted by Gasteiger charge is -2.36. The molecule has 1 heterocycles. The molecule has 1 saturated carbocycles. The van der Waals surface area contributed by atoms with E-state index < -0.39 is 11.9 Å². The predicted octanol–water partition coefficient (Wildman–Crippen LogP) is 1.42. The van der Waals surface area contributed by atoms with E-state index in [9.17, 15) is 14.4 Å². The van der Waals surface area contributed by atoms with Crippen molar-refractivity contribution in [2.45, 2.75) is 51.5 Å². The lowest BCUT2D eigenvalue weighted by Crippen LogP contribution is -2.57. The Labute approximate surface area is 101 Å². The molecule has 0 aromatic heterocycles. The fraction of sp³-hybridized carbons (Fsp3) is 0.750. The van der Waals surface area contributed by atoms with Crippen molar-refractivity contribution in [1.29, 1.82) is 0 Å². The highest BCUT2D eigenvalue weighted by Gasteiger charge is 2.37. The number of rotatable bonds is 2. The second kappa shape index (κ2) is 4.85. The molecule has 0 aromatic carbocycles. The maximum atomic E-state index is 11.7. The Morgan fingerprint density at radius 3 is 2.41 bits per heavy atom. The number of amides is 4. The van der Waals surface area contributed by atoms with E-state index in [0.29, 0.717) is 5.92 Å². The second-order valence-corrected chi connectivity index (χ2v) is 4.93. The maximum Gasteiger partial charge on any atom is 0.331 e. The van der Waals surface area contributed by atoms with E-state index >= 15 is 0 Å². The van der Waals surface area contributed by atoms with Crippen molar-refractivity contribution in [3.8, 4) is 0 Å². The largest absolute Gasteiger partial charge is 0.331 e. The summed E-state index contributed by atoms with van der Waals surface area (Å²) in [7, 11) is 0. The molecule has 0 aromatic rings. The van der Waals surface area contributed by atoms with Crippen molar-refractivity contribution in [1.82, 2.24) is 10.2 Å². The van der Waals surface area contributed by atoms with Gasteiger partial charge in [-0.05, 0) is 25.7 Å². The molecular weight excluding hydrogens is 220 g/mol. The average molecular weight is 238 g/mol. The highest BCUT2D eigenvalue weighted by molar-refractivity contribution is 6.14. The third-order valence-corrected chi connectivity index (χ3v) is 3.78. The number of nitrogens with one attached hydrogen (secondary N) is 1. The van der Waals surface area contributed by atoms with E-state index in [1.807, 2.05) is 6.92 Å². The van der Waals surface area contributed by atoms with Crippen LogP contribution in [-0.2, 0) is 9.59 Å². The number of carbonyl (C=O) groups is 3. The molecule has 17 heavy (non-hydrogen) atoms. The van der Waals surface area contributed by atoms with Crippen molar-refractivity contribution in [2.75, 3.05) is 0 Å². The molecule has 2 rings (SSSR count). The van der Waals surface area contributed by atoms with Crippen LogP contribution in [0.5, 0.6) is 0 Å². The summed E-state index contributed by atoms with van der Waals surface area (Å²) >= 11 is 0. The molecule has 4 amide bonds. The molecule has 0 radical (unpaired) electrons. The zero-order chi connectivity index (χ0) is 12.4. The molecule has 2 aliphatic rings. The summed E-state index contributed by atoms with van der Waals surface area (Å²) in [6.07, 6.45) is 5.48. The van der Waals surface area contributed by atoms with E-state index in [0.717, 1.165) is 25.7 Å². The summed E-state index contributed by atoms with van der Waals surface area (Å²) < 4.78 is 0. The van der Waals surface area contributed by atoms with Gasteiger partial charge in [-0.2, -0.15) is 0 Å². The number of barbiturate groups is 1. The number of hydrogen-bond acceptors (Lipinski definition) is 3. The van der Waals surface area contributed by atoms with Crippen LogP contribution in [0.25, 0.3) is 0 Å². The van der Waals surface area contributed by atoms with Crippen LogP contribution in [0.15, 0.2) is 0 Å². The molecule has 0 bridgehead atoms. The van der Waals surface area contributed by atoms with Crippen LogP contribution in [-0.4, -0.2) is 28.8 Å². The van der Waals surface area contributed by atoms with Crippen LogP contribution in [0.2, 0.25) is 0 Å². The van der Waals surface area contributed by atoms with Crippen molar-refractivity contribution >= 4 is 17.8 Å². The molecule has 0 spiro atoms. The summed E-state index contributed by atoms with van der Waals surface area (Å²) in [5, 5.41) is 2.21. The van der Waals surface area contributed by atoms with Crippen molar-refractivity contribution in [3.63, 3.8) is 0 Å². The molecular formula is C12H18N2O3. The summed E-state index contributed by atoms with van der Waals surface area (Å²) in [4.78, 5) is 35.7.